The number of carbonyl (C=O) groups excluding carboxylic acids is 2. The van der Waals surface area contributed by atoms with Crippen LogP contribution in [0.15, 0.2) is 103 Å². The summed E-state index contributed by atoms with van der Waals surface area (Å²) in [6, 6.07) is 29.3. The summed E-state index contributed by atoms with van der Waals surface area (Å²) in [6.07, 6.45) is 0. The van der Waals surface area contributed by atoms with Gasteiger partial charge >= 0.3 is 0 Å². The Labute approximate surface area is 186 Å². The highest BCUT2D eigenvalue weighted by atomic mass is 16.3. The number of Topliss-reactive ketones (excluding diaryl/α,β-unsaturated/α-hetero) is 1. The van der Waals surface area contributed by atoms with E-state index in [4.69, 9.17) is 0 Å². The zero-order valence-corrected chi connectivity index (χ0v) is 17.5. The number of hydrogen-bond donors (Lipinski definition) is 1. The number of benzene rings is 4. The van der Waals surface area contributed by atoms with Gasteiger partial charge in [-0.25, -0.2) is 0 Å². The molecule has 4 aromatic rings. The predicted molar refractivity (Wildman–Crippen MR) is 126 cm³/mol. The van der Waals surface area contributed by atoms with Crippen molar-refractivity contribution in [2.24, 2.45) is 0 Å². The van der Waals surface area contributed by atoms with E-state index in [1.807, 2.05) is 97.9 Å². The van der Waals surface area contributed by atoms with E-state index in [9.17, 15) is 14.7 Å². The van der Waals surface area contributed by atoms with E-state index in [2.05, 4.69) is 0 Å². The number of nitrogens with zero attached hydrogens (tertiary/aromatic N) is 1. The predicted octanol–water partition coefficient (Wildman–Crippen LogP) is 5.77. The molecule has 1 fully saturated rings. The van der Waals surface area contributed by atoms with Crippen molar-refractivity contribution in [2.45, 2.75) is 13.0 Å². The molecule has 1 amide bonds. The standard InChI is InChI=1S/C28H21NO3/c1-18-14-16-21(17-15-18)29-25(20-9-3-2-4-10-20)24(27(31)28(29)32)26(30)23-13-7-11-19-8-5-6-12-22(19)23/h2-17,25,30H,1H3/b26-24-. The minimum Gasteiger partial charge on any atom is -0.507 e. The van der Waals surface area contributed by atoms with E-state index >= 15 is 0 Å². The van der Waals surface area contributed by atoms with Crippen LogP contribution in [0.3, 0.4) is 0 Å². The molecule has 0 aromatic heterocycles. The lowest BCUT2D eigenvalue weighted by Crippen LogP contribution is -2.29. The molecule has 4 heteroatoms. The molecule has 5 rings (SSSR count). The molecule has 0 aliphatic carbocycles. The molecular formula is C28H21NO3. The quantitative estimate of drug-likeness (QED) is 0.260. The van der Waals surface area contributed by atoms with E-state index in [0.717, 1.165) is 21.9 Å². The third kappa shape index (κ3) is 3.17. The third-order valence-electron chi connectivity index (χ3n) is 5.92. The molecule has 0 radical (unpaired) electrons. The molecule has 4 nitrogen and oxygen atoms in total. The van der Waals surface area contributed by atoms with Crippen LogP contribution in [-0.4, -0.2) is 16.8 Å². The molecular weight excluding hydrogens is 398 g/mol. The fourth-order valence-electron chi connectivity index (χ4n) is 4.33. The zero-order valence-electron chi connectivity index (χ0n) is 17.5. The molecule has 1 N–H and O–H groups in total. The van der Waals surface area contributed by atoms with E-state index in [-0.39, 0.29) is 11.3 Å². The first-order valence-electron chi connectivity index (χ1n) is 10.5. The number of anilines is 1. The summed E-state index contributed by atoms with van der Waals surface area (Å²) in [6.45, 7) is 1.97. The fourth-order valence-corrected chi connectivity index (χ4v) is 4.33. The molecule has 0 spiro atoms. The van der Waals surface area contributed by atoms with Crippen LogP contribution in [0.25, 0.3) is 16.5 Å². The summed E-state index contributed by atoms with van der Waals surface area (Å²) in [5, 5.41) is 13.2. The molecule has 156 valence electrons. The minimum absolute atomic E-state index is 0.0955. The van der Waals surface area contributed by atoms with Gasteiger partial charge in [0.1, 0.15) is 5.76 Å². The lowest BCUT2D eigenvalue weighted by atomic mass is 9.93. The highest BCUT2D eigenvalue weighted by Gasteiger charge is 2.47. The molecule has 1 atom stereocenters. The first-order chi connectivity index (χ1) is 15.6. The summed E-state index contributed by atoms with van der Waals surface area (Å²) in [5.74, 6) is -1.50. The number of amides is 1. The van der Waals surface area contributed by atoms with Gasteiger partial charge in [0.2, 0.25) is 0 Å². The maximum atomic E-state index is 13.3. The van der Waals surface area contributed by atoms with Crippen LogP contribution in [0.2, 0.25) is 0 Å². The van der Waals surface area contributed by atoms with Crippen molar-refractivity contribution in [2.75, 3.05) is 4.90 Å². The van der Waals surface area contributed by atoms with Gasteiger partial charge in [0.05, 0.1) is 11.6 Å². The van der Waals surface area contributed by atoms with Gasteiger partial charge in [-0.3, -0.25) is 14.5 Å². The van der Waals surface area contributed by atoms with E-state index in [1.54, 1.807) is 6.07 Å². The molecule has 1 aliphatic heterocycles. The SMILES string of the molecule is Cc1ccc(N2C(=O)C(=O)/C(=C(\O)c3cccc4ccccc34)C2c2ccccc2)cc1. The van der Waals surface area contributed by atoms with Crippen molar-refractivity contribution in [3.63, 3.8) is 0 Å². The van der Waals surface area contributed by atoms with Crippen LogP contribution in [0.4, 0.5) is 5.69 Å². The molecule has 4 aromatic carbocycles. The van der Waals surface area contributed by atoms with Crippen molar-refractivity contribution < 1.29 is 14.7 Å². The van der Waals surface area contributed by atoms with E-state index in [1.165, 1.54) is 4.90 Å². The Bertz CT molecular complexity index is 1370. The molecule has 1 heterocycles. The van der Waals surface area contributed by atoms with Crippen LogP contribution < -0.4 is 4.90 Å². The Morgan fingerprint density at radius 1 is 0.781 bits per heavy atom. The van der Waals surface area contributed by atoms with Crippen molar-refractivity contribution in [1.29, 1.82) is 0 Å². The summed E-state index contributed by atoms with van der Waals surface area (Å²) in [5.41, 5.74) is 3.05. The molecule has 32 heavy (non-hydrogen) atoms. The van der Waals surface area contributed by atoms with Crippen molar-refractivity contribution in [3.05, 3.63) is 119 Å². The number of carbonyl (C=O) groups is 2. The normalized spacial score (nSPS) is 17.8. The van der Waals surface area contributed by atoms with E-state index in [0.29, 0.717) is 11.3 Å². The average molecular weight is 419 g/mol. The number of hydrogen-bond acceptors (Lipinski definition) is 3. The summed E-state index contributed by atoms with van der Waals surface area (Å²) >= 11 is 0. The van der Waals surface area contributed by atoms with Gasteiger partial charge in [0.15, 0.2) is 0 Å². The summed E-state index contributed by atoms with van der Waals surface area (Å²) in [4.78, 5) is 28.0. The Morgan fingerprint density at radius 2 is 1.44 bits per heavy atom. The largest absolute Gasteiger partial charge is 0.507 e. The second-order valence-corrected chi connectivity index (χ2v) is 7.94. The fraction of sp³-hybridized carbons (Fsp3) is 0.0714. The average Bonchev–Trinajstić information content (AvgIpc) is 3.10. The van der Waals surface area contributed by atoms with Gasteiger partial charge in [0.25, 0.3) is 11.7 Å². The molecule has 1 aliphatic rings. The number of ketones is 1. The maximum Gasteiger partial charge on any atom is 0.300 e. The van der Waals surface area contributed by atoms with Crippen molar-refractivity contribution >= 4 is 33.9 Å². The third-order valence-corrected chi connectivity index (χ3v) is 5.92. The topological polar surface area (TPSA) is 57.6 Å². The van der Waals surface area contributed by atoms with Gasteiger partial charge in [-0.2, -0.15) is 0 Å². The smallest absolute Gasteiger partial charge is 0.300 e. The Morgan fingerprint density at radius 3 is 2.19 bits per heavy atom. The number of fused-ring (bicyclic) bond motifs is 1. The van der Waals surface area contributed by atoms with Crippen molar-refractivity contribution in [1.82, 2.24) is 0 Å². The molecule has 0 saturated carbocycles. The lowest BCUT2D eigenvalue weighted by Gasteiger charge is -2.25. The van der Waals surface area contributed by atoms with Gasteiger partial charge in [-0.05, 0) is 35.4 Å². The van der Waals surface area contributed by atoms with Gasteiger partial charge in [-0.15, -0.1) is 0 Å². The molecule has 0 bridgehead atoms. The number of aryl methyl sites for hydroxylation is 1. The van der Waals surface area contributed by atoms with Crippen LogP contribution in [0.5, 0.6) is 0 Å². The maximum absolute atomic E-state index is 13.3. The Balaban J connectivity index is 1.77. The van der Waals surface area contributed by atoms with Crippen LogP contribution >= 0.6 is 0 Å². The number of aliphatic hydroxyl groups is 1. The van der Waals surface area contributed by atoms with Crippen LogP contribution in [0.1, 0.15) is 22.7 Å². The monoisotopic (exact) mass is 419 g/mol. The molecule has 1 saturated heterocycles. The van der Waals surface area contributed by atoms with Crippen LogP contribution in [-0.2, 0) is 9.59 Å². The first-order valence-corrected chi connectivity index (χ1v) is 10.5. The van der Waals surface area contributed by atoms with Crippen LogP contribution in [0, 0.1) is 6.92 Å². The summed E-state index contributed by atoms with van der Waals surface area (Å²) < 4.78 is 0. The Kier molecular flexibility index (Phi) is 4.83. The van der Waals surface area contributed by atoms with E-state index < -0.39 is 17.7 Å². The first kappa shape index (κ1) is 19.8. The molecule has 1 unspecified atom stereocenters. The van der Waals surface area contributed by atoms with Crippen molar-refractivity contribution in [3.8, 4) is 0 Å². The van der Waals surface area contributed by atoms with Gasteiger partial charge in [-0.1, -0.05) is 90.5 Å². The summed E-state index contributed by atoms with van der Waals surface area (Å²) in [7, 11) is 0. The minimum atomic E-state index is -0.724. The second kappa shape index (κ2) is 7.82. The second-order valence-electron chi connectivity index (χ2n) is 7.94. The number of rotatable bonds is 3. The highest BCUT2D eigenvalue weighted by Crippen LogP contribution is 2.42. The number of aliphatic hydroxyl groups excluding tert-OH is 1. The lowest BCUT2D eigenvalue weighted by molar-refractivity contribution is -0.132. The Hall–Kier alpha value is -4.18. The zero-order chi connectivity index (χ0) is 22.2. The highest BCUT2D eigenvalue weighted by molar-refractivity contribution is 6.51. The van der Waals surface area contributed by atoms with Gasteiger partial charge in [0, 0.05) is 11.3 Å². The van der Waals surface area contributed by atoms with Gasteiger partial charge < -0.3 is 5.11 Å².